The Labute approximate surface area is 163 Å². The molecule has 0 aliphatic rings. The first-order valence-electron chi connectivity index (χ1n) is 9.12. The van der Waals surface area contributed by atoms with Crippen LogP contribution in [0, 0.1) is 12.7 Å². The van der Waals surface area contributed by atoms with Crippen molar-refractivity contribution in [3.05, 3.63) is 57.3 Å². The largest absolute Gasteiger partial charge is 0.356 e. The third kappa shape index (κ3) is 6.20. The van der Waals surface area contributed by atoms with Gasteiger partial charge in [-0.05, 0) is 37.5 Å². The lowest BCUT2D eigenvalue weighted by Gasteiger charge is -2.12. The molecule has 0 saturated carbocycles. The van der Waals surface area contributed by atoms with Crippen LogP contribution in [0.1, 0.15) is 43.0 Å². The fourth-order valence-corrected chi connectivity index (χ4v) is 3.57. The van der Waals surface area contributed by atoms with Gasteiger partial charge in [0.2, 0.25) is 5.91 Å². The van der Waals surface area contributed by atoms with Crippen molar-refractivity contribution in [2.75, 3.05) is 12.3 Å². The van der Waals surface area contributed by atoms with Crippen LogP contribution in [0.2, 0.25) is 0 Å². The minimum Gasteiger partial charge on any atom is -0.356 e. The van der Waals surface area contributed by atoms with Crippen molar-refractivity contribution in [2.45, 2.75) is 44.7 Å². The predicted octanol–water partition coefficient (Wildman–Crippen LogP) is 3.22. The highest BCUT2D eigenvalue weighted by atomic mass is 32.2. The number of hydrogen-bond donors (Lipinski definition) is 1. The van der Waals surface area contributed by atoms with Gasteiger partial charge in [-0.2, -0.15) is 0 Å². The average Bonchev–Trinajstić information content (AvgIpc) is 2.66. The number of thioether (sulfide) groups is 1. The van der Waals surface area contributed by atoms with Gasteiger partial charge in [-0.25, -0.2) is 9.37 Å². The third-order valence-electron chi connectivity index (χ3n) is 4.20. The van der Waals surface area contributed by atoms with Gasteiger partial charge in [-0.1, -0.05) is 30.8 Å². The molecule has 0 atom stereocenters. The molecule has 1 aromatic carbocycles. The van der Waals surface area contributed by atoms with E-state index < -0.39 is 0 Å². The normalized spacial score (nSPS) is 10.8. The van der Waals surface area contributed by atoms with Gasteiger partial charge in [0.15, 0.2) is 5.16 Å². The SMILES string of the molecule is CCCNC(=O)CCCSc1nc(C)c(Cc2ccc(F)cc2)c(=O)n1C. The summed E-state index contributed by atoms with van der Waals surface area (Å²) in [5.74, 6) is 0.484. The minimum absolute atomic E-state index is 0.0603. The molecule has 0 bridgehead atoms. The monoisotopic (exact) mass is 391 g/mol. The number of nitrogens with zero attached hydrogens (tertiary/aromatic N) is 2. The fraction of sp³-hybridized carbons (Fsp3) is 0.450. The summed E-state index contributed by atoms with van der Waals surface area (Å²) in [6, 6.07) is 6.15. The molecule has 0 saturated heterocycles. The average molecular weight is 392 g/mol. The molecule has 27 heavy (non-hydrogen) atoms. The second kappa shape index (κ2) is 10.3. The van der Waals surface area contributed by atoms with Crippen molar-refractivity contribution in [3.8, 4) is 0 Å². The number of rotatable bonds is 9. The number of halogens is 1. The van der Waals surface area contributed by atoms with Crippen LogP contribution < -0.4 is 10.9 Å². The summed E-state index contributed by atoms with van der Waals surface area (Å²) in [5, 5.41) is 3.50. The zero-order chi connectivity index (χ0) is 19.8. The zero-order valence-corrected chi connectivity index (χ0v) is 16.9. The third-order valence-corrected chi connectivity index (χ3v) is 5.31. The molecule has 1 aromatic heterocycles. The molecule has 0 fully saturated rings. The van der Waals surface area contributed by atoms with Gasteiger partial charge in [-0.3, -0.25) is 14.2 Å². The van der Waals surface area contributed by atoms with Crippen LogP contribution in [0.25, 0.3) is 0 Å². The van der Waals surface area contributed by atoms with Crippen LogP contribution in [-0.2, 0) is 18.3 Å². The number of carbonyl (C=O) groups is 1. The van der Waals surface area contributed by atoms with E-state index in [1.807, 2.05) is 13.8 Å². The topological polar surface area (TPSA) is 64.0 Å². The number of hydrogen-bond acceptors (Lipinski definition) is 4. The number of aryl methyl sites for hydroxylation is 1. The summed E-state index contributed by atoms with van der Waals surface area (Å²) in [6.07, 6.45) is 2.56. The highest BCUT2D eigenvalue weighted by molar-refractivity contribution is 7.99. The van der Waals surface area contributed by atoms with E-state index in [0.717, 1.165) is 24.2 Å². The van der Waals surface area contributed by atoms with Crippen LogP contribution in [0.5, 0.6) is 0 Å². The van der Waals surface area contributed by atoms with Gasteiger partial charge in [0.05, 0.1) is 0 Å². The molecule has 7 heteroatoms. The first-order chi connectivity index (χ1) is 12.9. The predicted molar refractivity (Wildman–Crippen MR) is 107 cm³/mol. The number of amides is 1. The second-order valence-electron chi connectivity index (χ2n) is 6.43. The Balaban J connectivity index is 2.00. The maximum atomic E-state index is 13.1. The first-order valence-corrected chi connectivity index (χ1v) is 10.1. The van der Waals surface area contributed by atoms with Crippen molar-refractivity contribution in [2.24, 2.45) is 7.05 Å². The molecule has 2 rings (SSSR count). The Morgan fingerprint density at radius 3 is 2.67 bits per heavy atom. The van der Waals surface area contributed by atoms with E-state index in [2.05, 4.69) is 10.3 Å². The van der Waals surface area contributed by atoms with Crippen LogP contribution in [0.4, 0.5) is 4.39 Å². The van der Waals surface area contributed by atoms with Gasteiger partial charge < -0.3 is 5.32 Å². The molecule has 5 nitrogen and oxygen atoms in total. The molecule has 0 aliphatic carbocycles. The summed E-state index contributed by atoms with van der Waals surface area (Å²) in [7, 11) is 1.71. The van der Waals surface area contributed by atoms with E-state index in [0.29, 0.717) is 35.8 Å². The Hall–Kier alpha value is -2.15. The Bertz CT molecular complexity index is 834. The molecule has 1 amide bonds. The Morgan fingerprint density at radius 1 is 1.30 bits per heavy atom. The van der Waals surface area contributed by atoms with Crippen molar-refractivity contribution < 1.29 is 9.18 Å². The second-order valence-corrected chi connectivity index (χ2v) is 7.49. The van der Waals surface area contributed by atoms with E-state index >= 15 is 0 Å². The number of carbonyl (C=O) groups excluding carboxylic acids is 1. The lowest BCUT2D eigenvalue weighted by atomic mass is 10.1. The van der Waals surface area contributed by atoms with E-state index in [4.69, 9.17) is 0 Å². The van der Waals surface area contributed by atoms with E-state index in [9.17, 15) is 14.0 Å². The number of nitrogens with one attached hydrogen (secondary N) is 1. The van der Waals surface area contributed by atoms with Gasteiger partial charge in [0.25, 0.3) is 5.56 Å². The minimum atomic E-state index is -0.295. The van der Waals surface area contributed by atoms with Crippen LogP contribution in [-0.4, -0.2) is 27.8 Å². The van der Waals surface area contributed by atoms with Crippen molar-refractivity contribution in [1.82, 2.24) is 14.9 Å². The maximum absolute atomic E-state index is 13.1. The van der Waals surface area contributed by atoms with E-state index in [1.165, 1.54) is 23.9 Å². The van der Waals surface area contributed by atoms with Crippen LogP contribution in [0.15, 0.2) is 34.2 Å². The summed E-state index contributed by atoms with van der Waals surface area (Å²) >= 11 is 1.48. The molecule has 0 unspecified atom stereocenters. The summed E-state index contributed by atoms with van der Waals surface area (Å²) in [5.41, 5.74) is 2.09. The lowest BCUT2D eigenvalue weighted by molar-refractivity contribution is -0.121. The molecule has 2 aromatic rings. The fourth-order valence-electron chi connectivity index (χ4n) is 2.62. The summed E-state index contributed by atoms with van der Waals surface area (Å²) in [4.78, 5) is 28.9. The first kappa shape index (κ1) is 21.2. The Kier molecular flexibility index (Phi) is 8.03. The smallest absolute Gasteiger partial charge is 0.257 e. The van der Waals surface area contributed by atoms with Crippen LogP contribution in [0.3, 0.4) is 0 Å². The number of benzene rings is 1. The zero-order valence-electron chi connectivity index (χ0n) is 16.0. The molecule has 0 radical (unpaired) electrons. The molecular weight excluding hydrogens is 365 g/mol. The quantitative estimate of drug-likeness (QED) is 0.405. The van der Waals surface area contributed by atoms with Gasteiger partial charge >= 0.3 is 0 Å². The summed E-state index contributed by atoms with van der Waals surface area (Å²) < 4.78 is 14.6. The van der Waals surface area contributed by atoms with E-state index in [-0.39, 0.29) is 17.3 Å². The van der Waals surface area contributed by atoms with Crippen molar-refractivity contribution in [1.29, 1.82) is 0 Å². The highest BCUT2D eigenvalue weighted by Crippen LogP contribution is 2.18. The molecular formula is C20H26FN3O2S. The molecule has 146 valence electrons. The van der Waals surface area contributed by atoms with Gasteiger partial charge in [0, 0.05) is 43.4 Å². The molecule has 1 N–H and O–H groups in total. The number of aromatic nitrogens is 2. The van der Waals surface area contributed by atoms with Crippen LogP contribution >= 0.6 is 11.8 Å². The van der Waals surface area contributed by atoms with Gasteiger partial charge in [-0.15, -0.1) is 0 Å². The van der Waals surface area contributed by atoms with E-state index in [1.54, 1.807) is 23.7 Å². The molecule has 0 spiro atoms. The Morgan fingerprint density at radius 2 is 2.00 bits per heavy atom. The van der Waals surface area contributed by atoms with Gasteiger partial charge in [0.1, 0.15) is 5.82 Å². The maximum Gasteiger partial charge on any atom is 0.257 e. The van der Waals surface area contributed by atoms with Crippen molar-refractivity contribution in [3.63, 3.8) is 0 Å². The summed E-state index contributed by atoms with van der Waals surface area (Å²) in [6.45, 7) is 4.55. The highest BCUT2D eigenvalue weighted by Gasteiger charge is 2.13. The molecule has 1 heterocycles. The standard InChI is InChI=1S/C20H26FN3O2S/c1-4-11-22-18(25)6-5-12-27-20-23-14(2)17(19(26)24(20)3)13-15-7-9-16(21)10-8-15/h7-10H,4-6,11-13H2,1-3H3,(H,22,25). The van der Waals surface area contributed by atoms with Crippen molar-refractivity contribution >= 4 is 17.7 Å². The lowest BCUT2D eigenvalue weighted by Crippen LogP contribution is -2.26. The molecule has 0 aliphatic heterocycles.